The maximum atomic E-state index is 13.2. The first-order valence-electron chi connectivity index (χ1n) is 11.8. The van der Waals surface area contributed by atoms with Crippen LogP contribution in [-0.4, -0.2) is 33.5 Å². The Bertz CT molecular complexity index is 1780. The van der Waals surface area contributed by atoms with Crippen molar-refractivity contribution in [1.82, 2.24) is 19.8 Å². The van der Waals surface area contributed by atoms with E-state index >= 15 is 0 Å². The third-order valence-electron chi connectivity index (χ3n) is 8.54. The SMILES string of the molecule is CNC(=O)[C@]1(N)C[C@@H]2C[C@H]1n1c3ccccc3c3c4c(c5c6ccccc6n2c5c31)C(=O)NC4. The van der Waals surface area contributed by atoms with Gasteiger partial charge in [0.15, 0.2) is 0 Å². The molecule has 1 saturated carbocycles. The zero-order valence-corrected chi connectivity index (χ0v) is 18.7. The number of hydrogen-bond acceptors (Lipinski definition) is 3. The van der Waals surface area contributed by atoms with E-state index in [2.05, 4.69) is 44.0 Å². The molecule has 8 rings (SSSR count). The lowest BCUT2D eigenvalue weighted by molar-refractivity contribution is -0.126. The van der Waals surface area contributed by atoms with Gasteiger partial charge < -0.3 is 25.5 Å². The number of fused-ring (bicyclic) bond motifs is 13. The average molecular weight is 450 g/mol. The Morgan fingerprint density at radius 2 is 1.68 bits per heavy atom. The lowest BCUT2D eigenvalue weighted by Crippen LogP contribution is -2.56. The first-order valence-corrected chi connectivity index (χ1v) is 11.8. The first kappa shape index (κ1) is 18.6. The molecule has 3 aliphatic rings. The van der Waals surface area contributed by atoms with Gasteiger partial charge in [0.2, 0.25) is 5.91 Å². The van der Waals surface area contributed by atoms with Gasteiger partial charge in [0, 0.05) is 52.2 Å². The molecule has 34 heavy (non-hydrogen) atoms. The van der Waals surface area contributed by atoms with Gasteiger partial charge in [0.1, 0.15) is 5.54 Å². The minimum atomic E-state index is -1.03. The Labute approximate surface area is 194 Å². The summed E-state index contributed by atoms with van der Waals surface area (Å²) in [6.45, 7) is 0.505. The highest BCUT2D eigenvalue weighted by atomic mass is 16.2. The van der Waals surface area contributed by atoms with Crippen molar-refractivity contribution < 1.29 is 9.59 Å². The monoisotopic (exact) mass is 449 g/mol. The van der Waals surface area contributed by atoms with E-state index in [1.54, 1.807) is 7.05 Å². The quantitative estimate of drug-likeness (QED) is 0.366. The Morgan fingerprint density at radius 1 is 1.03 bits per heavy atom. The highest BCUT2D eigenvalue weighted by Gasteiger charge is 2.54. The second-order valence-corrected chi connectivity index (χ2v) is 9.99. The fourth-order valence-corrected chi connectivity index (χ4v) is 7.30. The number of para-hydroxylation sites is 2. The molecular formula is C27H23N5O2. The van der Waals surface area contributed by atoms with Gasteiger partial charge in [0.05, 0.1) is 22.6 Å². The van der Waals surface area contributed by atoms with E-state index < -0.39 is 5.54 Å². The van der Waals surface area contributed by atoms with Crippen LogP contribution < -0.4 is 16.4 Å². The van der Waals surface area contributed by atoms with Crippen LogP contribution in [0.15, 0.2) is 48.5 Å². The number of nitrogens with one attached hydrogen (secondary N) is 2. The molecule has 4 N–H and O–H groups in total. The van der Waals surface area contributed by atoms with Crippen LogP contribution in [0.25, 0.3) is 43.6 Å². The molecule has 0 saturated heterocycles. The second-order valence-electron chi connectivity index (χ2n) is 9.99. The van der Waals surface area contributed by atoms with Crippen molar-refractivity contribution >= 4 is 55.4 Å². The lowest BCUT2D eigenvalue weighted by Gasteiger charge is -2.32. The van der Waals surface area contributed by atoms with Crippen LogP contribution in [0, 0.1) is 0 Å². The molecule has 3 atom stereocenters. The number of carbonyl (C=O) groups is 2. The van der Waals surface area contributed by atoms with Crippen molar-refractivity contribution in [2.45, 2.75) is 37.0 Å². The molecule has 2 aliphatic heterocycles. The second kappa shape index (κ2) is 5.80. The van der Waals surface area contributed by atoms with Crippen molar-refractivity contribution in [1.29, 1.82) is 0 Å². The molecule has 1 aliphatic carbocycles. The normalized spacial score (nSPS) is 24.9. The Morgan fingerprint density at radius 3 is 2.41 bits per heavy atom. The number of rotatable bonds is 1. The average Bonchev–Trinajstić information content (AvgIpc) is 3.55. The third-order valence-corrected chi connectivity index (χ3v) is 8.54. The molecule has 2 bridgehead atoms. The van der Waals surface area contributed by atoms with E-state index in [1.165, 1.54) is 0 Å². The molecule has 7 heteroatoms. The molecule has 7 nitrogen and oxygen atoms in total. The summed E-state index contributed by atoms with van der Waals surface area (Å²) in [7, 11) is 1.66. The Balaban J connectivity index is 1.71. The number of hydrogen-bond donors (Lipinski definition) is 3. The van der Waals surface area contributed by atoms with E-state index in [0.717, 1.165) is 61.2 Å². The van der Waals surface area contributed by atoms with Gasteiger partial charge >= 0.3 is 0 Å². The number of carbonyl (C=O) groups excluding carboxylic acids is 2. The van der Waals surface area contributed by atoms with Gasteiger partial charge in [0.25, 0.3) is 5.91 Å². The van der Waals surface area contributed by atoms with E-state index in [0.29, 0.717) is 13.0 Å². The first-order chi connectivity index (χ1) is 16.5. The van der Waals surface area contributed by atoms with Crippen molar-refractivity contribution in [3.63, 3.8) is 0 Å². The lowest BCUT2D eigenvalue weighted by atomic mass is 9.91. The molecule has 0 unspecified atom stereocenters. The van der Waals surface area contributed by atoms with Crippen molar-refractivity contribution in [3.8, 4) is 0 Å². The van der Waals surface area contributed by atoms with Crippen LogP contribution in [0.5, 0.6) is 0 Å². The van der Waals surface area contributed by atoms with E-state index in [1.807, 2.05) is 24.3 Å². The van der Waals surface area contributed by atoms with Crippen molar-refractivity contribution in [2.75, 3.05) is 7.05 Å². The predicted octanol–water partition coefficient (Wildman–Crippen LogP) is 3.48. The molecule has 4 heterocycles. The maximum Gasteiger partial charge on any atom is 0.252 e. The van der Waals surface area contributed by atoms with Crippen molar-refractivity contribution in [3.05, 3.63) is 59.7 Å². The van der Waals surface area contributed by atoms with Crippen molar-refractivity contribution in [2.24, 2.45) is 5.73 Å². The number of nitrogens with two attached hydrogens (primary N) is 1. The summed E-state index contributed by atoms with van der Waals surface area (Å²) in [5, 5.41) is 10.2. The van der Waals surface area contributed by atoms with Crippen LogP contribution in [0.3, 0.4) is 0 Å². The summed E-state index contributed by atoms with van der Waals surface area (Å²) < 4.78 is 4.71. The number of amides is 2. The molecule has 2 amide bonds. The topological polar surface area (TPSA) is 94.1 Å². The molecule has 168 valence electrons. The Kier molecular flexibility index (Phi) is 3.17. The fraction of sp³-hybridized carbons (Fsp3) is 0.259. The predicted molar refractivity (Wildman–Crippen MR) is 132 cm³/mol. The largest absolute Gasteiger partial charge is 0.358 e. The number of nitrogens with zero attached hydrogens (tertiary/aromatic N) is 2. The summed E-state index contributed by atoms with van der Waals surface area (Å²) in [6.07, 6.45) is 1.30. The minimum Gasteiger partial charge on any atom is -0.358 e. The summed E-state index contributed by atoms with van der Waals surface area (Å²) >= 11 is 0. The van der Waals surface area contributed by atoms with Gasteiger partial charge in [-0.2, -0.15) is 0 Å². The van der Waals surface area contributed by atoms with Gasteiger partial charge in [-0.25, -0.2) is 0 Å². The molecule has 1 fully saturated rings. The van der Waals surface area contributed by atoms with E-state index in [9.17, 15) is 9.59 Å². The van der Waals surface area contributed by atoms with Gasteiger partial charge in [-0.15, -0.1) is 0 Å². The number of benzene rings is 3. The zero-order valence-electron chi connectivity index (χ0n) is 18.7. The van der Waals surface area contributed by atoms with Crippen LogP contribution >= 0.6 is 0 Å². The third kappa shape index (κ3) is 1.84. The summed E-state index contributed by atoms with van der Waals surface area (Å²) in [5.74, 6) is -0.135. The van der Waals surface area contributed by atoms with E-state index in [4.69, 9.17) is 5.73 Å². The molecule has 3 aromatic carbocycles. The highest BCUT2D eigenvalue weighted by Crippen LogP contribution is 2.55. The molecular weight excluding hydrogens is 426 g/mol. The number of likely N-dealkylation sites (N-methyl/N-ethyl adjacent to an activating group) is 1. The van der Waals surface area contributed by atoms with Gasteiger partial charge in [-0.05, 0) is 30.5 Å². The molecule has 5 aromatic rings. The summed E-state index contributed by atoms with van der Waals surface area (Å²) in [6, 6.07) is 16.5. The standard InChI is InChI=1S/C27H23N5O2/c1-29-26(34)27(28)11-13-10-19(27)32-18-9-5-2-6-14(18)20-16-12-30-25(33)22(16)21-15-7-3-4-8-17(15)31(13)24(21)23(20)32/h2-9,13,19H,10-12,28H2,1H3,(H,29,34)(H,30,33)/t13-,19+,27-/m0/s1. The Hall–Kier alpha value is -3.84. The molecule has 0 radical (unpaired) electrons. The zero-order chi connectivity index (χ0) is 22.9. The highest BCUT2D eigenvalue weighted by molar-refractivity contribution is 6.31. The van der Waals surface area contributed by atoms with Crippen LogP contribution in [0.1, 0.15) is 40.8 Å². The molecule has 2 aromatic heterocycles. The van der Waals surface area contributed by atoms with Gasteiger partial charge in [-0.3, -0.25) is 9.59 Å². The fourth-order valence-electron chi connectivity index (χ4n) is 7.30. The summed E-state index contributed by atoms with van der Waals surface area (Å²) in [4.78, 5) is 26.5. The summed E-state index contributed by atoms with van der Waals surface area (Å²) in [5.41, 5.74) is 12.2. The number of aromatic nitrogens is 2. The maximum absolute atomic E-state index is 13.2. The van der Waals surface area contributed by atoms with E-state index in [-0.39, 0.29) is 23.9 Å². The van der Waals surface area contributed by atoms with Crippen LogP contribution in [-0.2, 0) is 11.3 Å². The molecule has 0 spiro atoms. The van der Waals surface area contributed by atoms with Gasteiger partial charge in [-0.1, -0.05) is 36.4 Å². The van der Waals surface area contributed by atoms with Crippen LogP contribution in [0.4, 0.5) is 0 Å². The minimum absolute atomic E-state index is 0.00965. The van der Waals surface area contributed by atoms with Crippen LogP contribution in [0.2, 0.25) is 0 Å². The smallest absolute Gasteiger partial charge is 0.252 e.